The van der Waals surface area contributed by atoms with E-state index in [0.29, 0.717) is 13.2 Å². The normalized spacial score (nSPS) is 13.0. The fourth-order valence-electron chi connectivity index (χ4n) is 1.58. The minimum Gasteiger partial charge on any atom is -0.377 e. The SMILES string of the molecule is CCOC(C)CNC(=O)c1cc(Cl)c(Br)c(S(N)(=O)=O)c1. The van der Waals surface area contributed by atoms with Gasteiger partial charge >= 0.3 is 0 Å². The van der Waals surface area contributed by atoms with Gasteiger partial charge in [0.2, 0.25) is 10.0 Å². The molecular weight excluding hydrogens is 384 g/mol. The van der Waals surface area contributed by atoms with Gasteiger partial charge in [0, 0.05) is 18.7 Å². The van der Waals surface area contributed by atoms with Crippen LogP contribution in [0.4, 0.5) is 0 Å². The molecule has 0 spiro atoms. The fourth-order valence-corrected chi connectivity index (χ4v) is 3.42. The first-order valence-electron chi connectivity index (χ1n) is 6.08. The van der Waals surface area contributed by atoms with Crippen LogP contribution in [0.2, 0.25) is 5.02 Å². The Morgan fingerprint density at radius 2 is 2.14 bits per heavy atom. The topological polar surface area (TPSA) is 98.5 Å². The lowest BCUT2D eigenvalue weighted by molar-refractivity contribution is 0.0695. The summed E-state index contributed by atoms with van der Waals surface area (Å²) < 4.78 is 28.4. The molecule has 9 heteroatoms. The Balaban J connectivity index is 2.99. The molecule has 1 amide bonds. The van der Waals surface area contributed by atoms with Crippen molar-refractivity contribution in [2.75, 3.05) is 13.2 Å². The Morgan fingerprint density at radius 1 is 1.52 bits per heavy atom. The third kappa shape index (κ3) is 5.23. The summed E-state index contributed by atoms with van der Waals surface area (Å²) in [6.07, 6.45) is -0.150. The molecule has 0 aliphatic rings. The standard InChI is InChI=1S/C12H16BrClN2O4S/c1-3-20-7(2)6-16-12(17)8-4-9(14)11(13)10(5-8)21(15,18)19/h4-5,7H,3,6H2,1-2H3,(H,16,17)(H2,15,18,19). The molecule has 118 valence electrons. The predicted molar refractivity (Wildman–Crippen MR) is 83.9 cm³/mol. The lowest BCUT2D eigenvalue weighted by Crippen LogP contribution is -2.32. The molecule has 1 aromatic rings. The van der Waals surface area contributed by atoms with E-state index in [4.69, 9.17) is 21.5 Å². The highest BCUT2D eigenvalue weighted by atomic mass is 79.9. The smallest absolute Gasteiger partial charge is 0.251 e. The second-order valence-electron chi connectivity index (χ2n) is 4.29. The summed E-state index contributed by atoms with van der Waals surface area (Å²) in [5.74, 6) is -0.458. The Hall–Kier alpha value is -0.670. The van der Waals surface area contributed by atoms with Crippen LogP contribution in [0.25, 0.3) is 0 Å². The van der Waals surface area contributed by atoms with Crippen molar-refractivity contribution >= 4 is 43.5 Å². The van der Waals surface area contributed by atoms with E-state index < -0.39 is 15.9 Å². The zero-order valence-electron chi connectivity index (χ0n) is 11.5. The van der Waals surface area contributed by atoms with Crippen molar-refractivity contribution in [1.82, 2.24) is 5.32 Å². The summed E-state index contributed by atoms with van der Waals surface area (Å²) >= 11 is 8.95. The van der Waals surface area contributed by atoms with Gasteiger partial charge < -0.3 is 10.1 Å². The molecule has 0 aliphatic carbocycles. The largest absolute Gasteiger partial charge is 0.377 e. The number of amides is 1. The molecule has 0 saturated carbocycles. The van der Waals surface area contributed by atoms with Gasteiger partial charge in [-0.25, -0.2) is 13.6 Å². The van der Waals surface area contributed by atoms with Gasteiger partial charge in [-0.05, 0) is 41.9 Å². The van der Waals surface area contributed by atoms with Crippen LogP contribution in [0, 0.1) is 0 Å². The van der Waals surface area contributed by atoms with Gasteiger partial charge in [-0.2, -0.15) is 0 Å². The van der Waals surface area contributed by atoms with E-state index in [2.05, 4.69) is 21.2 Å². The molecule has 1 unspecified atom stereocenters. The van der Waals surface area contributed by atoms with Crippen LogP contribution in [0.5, 0.6) is 0 Å². The summed E-state index contributed by atoms with van der Waals surface area (Å²) in [4.78, 5) is 11.8. The van der Waals surface area contributed by atoms with Gasteiger partial charge in [-0.1, -0.05) is 11.6 Å². The lowest BCUT2D eigenvalue weighted by atomic mass is 10.2. The van der Waals surface area contributed by atoms with E-state index >= 15 is 0 Å². The van der Waals surface area contributed by atoms with Crippen molar-refractivity contribution in [2.24, 2.45) is 5.14 Å². The number of halogens is 2. The number of ether oxygens (including phenoxy) is 1. The molecule has 0 radical (unpaired) electrons. The second kappa shape index (κ2) is 7.55. The molecular formula is C12H16BrClN2O4S. The second-order valence-corrected chi connectivity index (χ2v) is 7.02. The summed E-state index contributed by atoms with van der Waals surface area (Å²) in [6, 6.07) is 2.53. The minimum absolute atomic E-state index is 0.0875. The third-order valence-corrected chi connectivity index (χ3v) is 5.14. The number of sulfonamides is 1. The number of primary sulfonamides is 1. The molecule has 0 aromatic heterocycles. The molecule has 0 fully saturated rings. The number of carbonyl (C=O) groups excluding carboxylic acids is 1. The Bertz CT molecular complexity index is 636. The first-order valence-corrected chi connectivity index (χ1v) is 8.80. The highest BCUT2D eigenvalue weighted by Crippen LogP contribution is 2.30. The molecule has 21 heavy (non-hydrogen) atoms. The maximum absolute atomic E-state index is 12.0. The van der Waals surface area contributed by atoms with Crippen LogP contribution in [-0.4, -0.2) is 33.6 Å². The summed E-state index contributed by atoms with van der Waals surface area (Å²) in [5, 5.41) is 7.81. The van der Waals surface area contributed by atoms with Crippen molar-refractivity contribution < 1.29 is 17.9 Å². The number of benzene rings is 1. The molecule has 0 bridgehead atoms. The van der Waals surface area contributed by atoms with Crippen LogP contribution in [0.15, 0.2) is 21.5 Å². The lowest BCUT2D eigenvalue weighted by Gasteiger charge is -2.13. The fraction of sp³-hybridized carbons (Fsp3) is 0.417. The Labute approximate surface area is 137 Å². The number of nitrogens with two attached hydrogens (primary N) is 1. The van der Waals surface area contributed by atoms with Crippen LogP contribution in [-0.2, 0) is 14.8 Å². The number of rotatable bonds is 6. The van der Waals surface area contributed by atoms with E-state index in [1.807, 2.05) is 13.8 Å². The summed E-state index contributed by atoms with van der Waals surface area (Å²) in [5.41, 5.74) is 0.107. The monoisotopic (exact) mass is 398 g/mol. The summed E-state index contributed by atoms with van der Waals surface area (Å²) in [7, 11) is -3.99. The molecule has 6 nitrogen and oxygen atoms in total. The average Bonchev–Trinajstić information content (AvgIpc) is 2.38. The highest BCUT2D eigenvalue weighted by molar-refractivity contribution is 9.10. The number of nitrogens with one attached hydrogen (secondary N) is 1. The third-order valence-electron chi connectivity index (χ3n) is 2.56. The number of hydrogen-bond donors (Lipinski definition) is 2. The number of carbonyl (C=O) groups is 1. The molecule has 1 atom stereocenters. The van der Waals surface area contributed by atoms with E-state index in [1.165, 1.54) is 12.1 Å². The zero-order valence-corrected chi connectivity index (χ0v) is 14.7. The Kier molecular flexibility index (Phi) is 6.61. The van der Waals surface area contributed by atoms with E-state index in [0.717, 1.165) is 0 Å². The first kappa shape index (κ1) is 18.4. The van der Waals surface area contributed by atoms with E-state index in [-0.39, 0.29) is 26.1 Å². The molecule has 0 aliphatic heterocycles. The first-order chi connectivity index (χ1) is 9.66. The Morgan fingerprint density at radius 3 is 2.67 bits per heavy atom. The van der Waals surface area contributed by atoms with Crippen LogP contribution in [0.1, 0.15) is 24.2 Å². The maximum Gasteiger partial charge on any atom is 0.251 e. The van der Waals surface area contributed by atoms with Crippen molar-refractivity contribution in [3.8, 4) is 0 Å². The van der Waals surface area contributed by atoms with Crippen molar-refractivity contribution in [3.63, 3.8) is 0 Å². The average molecular weight is 400 g/mol. The highest BCUT2D eigenvalue weighted by Gasteiger charge is 2.19. The quantitative estimate of drug-likeness (QED) is 0.763. The zero-order chi connectivity index (χ0) is 16.2. The molecule has 0 heterocycles. The van der Waals surface area contributed by atoms with Crippen molar-refractivity contribution in [2.45, 2.75) is 24.8 Å². The van der Waals surface area contributed by atoms with E-state index in [1.54, 1.807) is 0 Å². The van der Waals surface area contributed by atoms with Gasteiger partial charge in [0.05, 0.1) is 20.5 Å². The van der Waals surface area contributed by atoms with Crippen LogP contribution < -0.4 is 10.5 Å². The predicted octanol–water partition coefficient (Wildman–Crippen LogP) is 1.90. The van der Waals surface area contributed by atoms with Crippen molar-refractivity contribution in [3.05, 3.63) is 27.2 Å². The van der Waals surface area contributed by atoms with Gasteiger partial charge in [-0.3, -0.25) is 4.79 Å². The van der Waals surface area contributed by atoms with Crippen molar-refractivity contribution in [1.29, 1.82) is 0 Å². The molecule has 3 N–H and O–H groups in total. The maximum atomic E-state index is 12.0. The van der Waals surface area contributed by atoms with Gasteiger partial charge in [0.1, 0.15) is 0 Å². The molecule has 1 rings (SSSR count). The van der Waals surface area contributed by atoms with Crippen LogP contribution in [0.3, 0.4) is 0 Å². The van der Waals surface area contributed by atoms with Gasteiger partial charge in [0.15, 0.2) is 0 Å². The van der Waals surface area contributed by atoms with Gasteiger partial charge in [-0.15, -0.1) is 0 Å². The van der Waals surface area contributed by atoms with Crippen LogP contribution >= 0.6 is 27.5 Å². The van der Waals surface area contributed by atoms with E-state index in [9.17, 15) is 13.2 Å². The van der Waals surface area contributed by atoms with Gasteiger partial charge in [0.25, 0.3) is 5.91 Å². The minimum atomic E-state index is -3.99. The summed E-state index contributed by atoms with van der Waals surface area (Å²) in [6.45, 7) is 4.50. The number of hydrogen-bond acceptors (Lipinski definition) is 4. The molecule has 0 saturated heterocycles. The molecule has 1 aromatic carbocycles.